The van der Waals surface area contributed by atoms with Crippen molar-refractivity contribution in [2.24, 2.45) is 0 Å². The van der Waals surface area contributed by atoms with Crippen LogP contribution in [0.3, 0.4) is 0 Å². The summed E-state index contributed by atoms with van der Waals surface area (Å²) < 4.78 is -1.61. The number of fused-ring (bicyclic) bond motifs is 1. The lowest BCUT2D eigenvalue weighted by Crippen LogP contribution is -2.01. The Labute approximate surface area is 94.6 Å². The molecule has 14 heavy (non-hydrogen) atoms. The number of phenols is 1. The quantitative estimate of drug-likeness (QED) is 0.707. The first-order valence-corrected chi connectivity index (χ1v) is 4.87. The molecule has 0 saturated carbocycles. The second-order valence-electron chi connectivity index (χ2n) is 2.76. The van der Waals surface area contributed by atoms with Gasteiger partial charge < -0.3 is 10.1 Å². The van der Waals surface area contributed by atoms with Gasteiger partial charge in [-0.25, -0.2) is 4.98 Å². The van der Waals surface area contributed by atoms with Gasteiger partial charge >= 0.3 is 0 Å². The van der Waals surface area contributed by atoms with E-state index in [1.165, 1.54) is 6.07 Å². The van der Waals surface area contributed by atoms with Crippen LogP contribution in [0.4, 0.5) is 0 Å². The molecular weight excluding hydrogens is 246 g/mol. The number of benzene rings is 1. The maximum Gasteiger partial charge on any atom is 0.248 e. The molecule has 0 saturated heterocycles. The van der Waals surface area contributed by atoms with Crippen molar-refractivity contribution in [2.75, 3.05) is 0 Å². The molecule has 0 fully saturated rings. The monoisotopic (exact) mass is 250 g/mol. The van der Waals surface area contributed by atoms with Crippen LogP contribution in [0.25, 0.3) is 11.0 Å². The smallest absolute Gasteiger partial charge is 0.248 e. The summed E-state index contributed by atoms with van der Waals surface area (Å²) in [6.07, 6.45) is 0. The van der Waals surface area contributed by atoms with Gasteiger partial charge in [0.1, 0.15) is 11.3 Å². The Balaban J connectivity index is 2.69. The van der Waals surface area contributed by atoms with Gasteiger partial charge in [-0.1, -0.05) is 40.9 Å². The lowest BCUT2D eigenvalue weighted by atomic mass is 10.3. The molecule has 0 amide bonds. The van der Waals surface area contributed by atoms with Crippen molar-refractivity contribution in [3.8, 4) is 5.75 Å². The topological polar surface area (TPSA) is 48.9 Å². The summed E-state index contributed by atoms with van der Waals surface area (Å²) in [5.74, 6) is 0.248. The highest BCUT2D eigenvalue weighted by Crippen LogP contribution is 2.37. The summed E-state index contributed by atoms with van der Waals surface area (Å²) >= 11 is 16.9. The predicted octanol–water partition coefficient (Wildman–Crippen LogP) is 3.10. The molecular formula is C8H5Cl3N2O. The zero-order valence-corrected chi connectivity index (χ0v) is 9.03. The minimum atomic E-state index is -1.61. The van der Waals surface area contributed by atoms with Crippen LogP contribution in [0.1, 0.15) is 5.82 Å². The lowest BCUT2D eigenvalue weighted by Gasteiger charge is -2.04. The van der Waals surface area contributed by atoms with Crippen molar-refractivity contribution >= 4 is 45.8 Å². The number of aromatic nitrogens is 2. The Bertz CT molecular complexity index is 475. The van der Waals surface area contributed by atoms with E-state index in [0.29, 0.717) is 11.0 Å². The number of nitrogens with one attached hydrogen (secondary N) is 1. The number of hydrogen-bond acceptors (Lipinski definition) is 2. The van der Waals surface area contributed by atoms with E-state index in [1.807, 2.05) is 0 Å². The van der Waals surface area contributed by atoms with Crippen LogP contribution in [0.15, 0.2) is 18.2 Å². The molecule has 0 atom stereocenters. The molecule has 0 bridgehead atoms. The largest absolute Gasteiger partial charge is 0.506 e. The molecule has 1 aromatic heterocycles. The normalized spacial score (nSPS) is 12.2. The van der Waals surface area contributed by atoms with Crippen molar-refractivity contribution in [1.82, 2.24) is 9.97 Å². The lowest BCUT2D eigenvalue weighted by molar-refractivity contribution is 0.480. The van der Waals surface area contributed by atoms with Crippen LogP contribution < -0.4 is 0 Å². The number of nitrogens with zero attached hydrogens (tertiary/aromatic N) is 1. The number of aromatic amines is 1. The molecule has 74 valence electrons. The Morgan fingerprint density at radius 1 is 1.29 bits per heavy atom. The maximum absolute atomic E-state index is 9.44. The molecule has 0 aliphatic rings. The maximum atomic E-state index is 9.44. The van der Waals surface area contributed by atoms with E-state index >= 15 is 0 Å². The molecule has 2 rings (SSSR count). The summed E-state index contributed by atoms with van der Waals surface area (Å²) in [4.78, 5) is 6.79. The van der Waals surface area contributed by atoms with Gasteiger partial charge in [-0.05, 0) is 12.1 Å². The fourth-order valence-corrected chi connectivity index (χ4v) is 1.42. The molecule has 0 unspecified atom stereocenters. The van der Waals surface area contributed by atoms with Gasteiger partial charge in [0, 0.05) is 0 Å². The van der Waals surface area contributed by atoms with Crippen LogP contribution in [0, 0.1) is 0 Å². The molecule has 0 spiro atoms. The van der Waals surface area contributed by atoms with Crippen molar-refractivity contribution in [2.45, 2.75) is 3.79 Å². The molecule has 0 aliphatic heterocycles. The van der Waals surface area contributed by atoms with Gasteiger partial charge in [0.15, 0.2) is 5.82 Å². The summed E-state index contributed by atoms with van der Waals surface area (Å²) in [6, 6.07) is 4.94. The first-order chi connectivity index (χ1) is 6.48. The van der Waals surface area contributed by atoms with Gasteiger partial charge in [0.25, 0.3) is 0 Å². The summed E-state index contributed by atoms with van der Waals surface area (Å²) in [6.45, 7) is 0. The van der Waals surface area contributed by atoms with E-state index < -0.39 is 3.79 Å². The number of phenolic OH excluding ortho intramolecular Hbond substituents is 1. The van der Waals surface area contributed by atoms with Crippen molar-refractivity contribution in [3.63, 3.8) is 0 Å². The Morgan fingerprint density at radius 2 is 2.00 bits per heavy atom. The summed E-state index contributed by atoms with van der Waals surface area (Å²) in [5.41, 5.74) is 1.03. The van der Waals surface area contributed by atoms with Crippen LogP contribution >= 0.6 is 34.8 Å². The number of para-hydroxylation sites is 1. The highest BCUT2D eigenvalue weighted by molar-refractivity contribution is 6.66. The van der Waals surface area contributed by atoms with E-state index in [0.717, 1.165) is 0 Å². The fraction of sp³-hybridized carbons (Fsp3) is 0.125. The van der Waals surface area contributed by atoms with E-state index in [2.05, 4.69) is 9.97 Å². The zero-order chi connectivity index (χ0) is 10.3. The van der Waals surface area contributed by atoms with E-state index in [4.69, 9.17) is 34.8 Å². The average Bonchev–Trinajstić information content (AvgIpc) is 2.48. The first kappa shape index (κ1) is 9.90. The molecule has 1 heterocycles. The third-order valence-corrected chi connectivity index (χ3v) is 2.30. The third kappa shape index (κ3) is 1.63. The number of alkyl halides is 3. The molecule has 0 radical (unpaired) electrons. The van der Waals surface area contributed by atoms with E-state index in [9.17, 15) is 5.11 Å². The number of H-pyrrole nitrogens is 1. The van der Waals surface area contributed by atoms with Crippen molar-refractivity contribution in [1.29, 1.82) is 0 Å². The van der Waals surface area contributed by atoms with Gasteiger partial charge in [0.05, 0.1) is 5.52 Å². The second-order valence-corrected chi connectivity index (χ2v) is 5.04. The molecule has 3 nitrogen and oxygen atoms in total. The number of imidazole rings is 1. The van der Waals surface area contributed by atoms with Gasteiger partial charge in [-0.15, -0.1) is 0 Å². The zero-order valence-electron chi connectivity index (χ0n) is 6.76. The van der Waals surface area contributed by atoms with E-state index in [1.54, 1.807) is 12.1 Å². The Hall–Kier alpha value is -0.640. The van der Waals surface area contributed by atoms with Crippen molar-refractivity contribution < 1.29 is 5.11 Å². The Kier molecular flexibility index (Phi) is 2.26. The average molecular weight is 252 g/mol. The standard InChI is InChI=1S/C8H5Cl3N2O/c9-8(10,11)7-12-4-2-1-3-5(14)6(4)13-7/h1-3,14H,(H,12,13). The van der Waals surface area contributed by atoms with Crippen LogP contribution in [0.2, 0.25) is 0 Å². The second kappa shape index (κ2) is 3.19. The van der Waals surface area contributed by atoms with Gasteiger partial charge in [0.2, 0.25) is 3.79 Å². The number of halogens is 3. The number of rotatable bonds is 0. The minimum absolute atomic E-state index is 0.0549. The molecule has 0 aliphatic carbocycles. The van der Waals surface area contributed by atoms with Crippen LogP contribution in [0.5, 0.6) is 5.75 Å². The molecule has 6 heteroatoms. The minimum Gasteiger partial charge on any atom is -0.506 e. The third-order valence-electron chi connectivity index (χ3n) is 1.76. The summed E-state index contributed by atoms with van der Waals surface area (Å²) in [5, 5.41) is 9.44. The molecule has 2 aromatic rings. The van der Waals surface area contributed by atoms with Crippen LogP contribution in [-0.2, 0) is 3.79 Å². The van der Waals surface area contributed by atoms with Crippen molar-refractivity contribution in [3.05, 3.63) is 24.0 Å². The SMILES string of the molecule is Oc1cccc2[nH]c(C(Cl)(Cl)Cl)nc12. The van der Waals surface area contributed by atoms with E-state index in [-0.39, 0.29) is 11.6 Å². The van der Waals surface area contributed by atoms with Crippen LogP contribution in [-0.4, -0.2) is 15.1 Å². The molecule has 1 aromatic carbocycles. The number of hydrogen-bond donors (Lipinski definition) is 2. The highest BCUT2D eigenvalue weighted by Gasteiger charge is 2.27. The predicted molar refractivity (Wildman–Crippen MR) is 57.0 cm³/mol. The highest BCUT2D eigenvalue weighted by atomic mass is 35.6. The summed E-state index contributed by atoms with van der Waals surface area (Å²) in [7, 11) is 0. The number of aromatic hydroxyl groups is 1. The fourth-order valence-electron chi connectivity index (χ4n) is 1.15. The Morgan fingerprint density at radius 3 is 2.57 bits per heavy atom. The molecule has 2 N–H and O–H groups in total. The van der Waals surface area contributed by atoms with Gasteiger partial charge in [-0.2, -0.15) is 0 Å². The van der Waals surface area contributed by atoms with Gasteiger partial charge in [-0.3, -0.25) is 0 Å². The first-order valence-electron chi connectivity index (χ1n) is 3.73.